The third-order valence-electron chi connectivity index (χ3n) is 3.73. The summed E-state index contributed by atoms with van der Waals surface area (Å²) in [5, 5.41) is 0. The van der Waals surface area contributed by atoms with Crippen molar-refractivity contribution < 1.29 is 9.53 Å². The van der Waals surface area contributed by atoms with Crippen LogP contribution >= 0.6 is 0 Å². The molecule has 3 aromatic carbocycles. The number of benzene rings is 3. The predicted molar refractivity (Wildman–Crippen MR) is 92.8 cm³/mol. The van der Waals surface area contributed by atoms with Crippen LogP contribution in [-0.4, -0.2) is 6.29 Å². The molecule has 0 spiro atoms. The van der Waals surface area contributed by atoms with E-state index in [1.807, 2.05) is 60.7 Å². The second kappa shape index (κ2) is 6.93. The third kappa shape index (κ3) is 3.67. The molecule has 23 heavy (non-hydrogen) atoms. The van der Waals surface area contributed by atoms with Crippen molar-refractivity contribution in [2.45, 2.75) is 13.5 Å². The number of carbonyl (C=O) groups excluding carboxylic acids is 1. The lowest BCUT2D eigenvalue weighted by Gasteiger charge is -2.11. The summed E-state index contributed by atoms with van der Waals surface area (Å²) >= 11 is 0. The molecule has 0 bridgehead atoms. The molecule has 0 aliphatic heterocycles. The molecule has 3 rings (SSSR count). The van der Waals surface area contributed by atoms with Crippen LogP contribution in [0.25, 0.3) is 11.1 Å². The fourth-order valence-electron chi connectivity index (χ4n) is 2.51. The van der Waals surface area contributed by atoms with Crippen LogP contribution in [0.3, 0.4) is 0 Å². The molecule has 0 aromatic heterocycles. The summed E-state index contributed by atoms with van der Waals surface area (Å²) in [5.41, 5.74) is 4.96. The standard InChI is InChI=1S/C21H18O2/c1-16-6-5-9-18(12-16)19-10-11-21(20(13-19)14-22)23-15-17-7-3-2-4-8-17/h2-14H,15H2,1H3. The Hall–Kier alpha value is -2.87. The minimum absolute atomic E-state index is 0.450. The van der Waals surface area contributed by atoms with Crippen LogP contribution < -0.4 is 4.74 Å². The van der Waals surface area contributed by atoms with Crippen molar-refractivity contribution in [3.05, 3.63) is 89.5 Å². The number of aldehydes is 1. The van der Waals surface area contributed by atoms with Crippen LogP contribution in [0.4, 0.5) is 0 Å². The van der Waals surface area contributed by atoms with Gasteiger partial charge in [0.15, 0.2) is 6.29 Å². The second-order valence-corrected chi connectivity index (χ2v) is 5.51. The first-order valence-electron chi connectivity index (χ1n) is 7.59. The van der Waals surface area contributed by atoms with Gasteiger partial charge >= 0.3 is 0 Å². The van der Waals surface area contributed by atoms with E-state index in [1.54, 1.807) is 0 Å². The van der Waals surface area contributed by atoms with Crippen LogP contribution in [0.5, 0.6) is 5.75 Å². The lowest BCUT2D eigenvalue weighted by atomic mass is 10.0. The molecule has 0 heterocycles. The van der Waals surface area contributed by atoms with E-state index in [1.165, 1.54) is 5.56 Å². The fraction of sp³-hybridized carbons (Fsp3) is 0.0952. The van der Waals surface area contributed by atoms with Crippen LogP contribution in [0, 0.1) is 6.92 Å². The van der Waals surface area contributed by atoms with Gasteiger partial charge in [0.25, 0.3) is 0 Å². The Morgan fingerprint density at radius 1 is 0.870 bits per heavy atom. The number of rotatable bonds is 5. The fourth-order valence-corrected chi connectivity index (χ4v) is 2.51. The zero-order chi connectivity index (χ0) is 16.1. The molecule has 3 aromatic rings. The van der Waals surface area contributed by atoms with Gasteiger partial charge < -0.3 is 4.74 Å². The first kappa shape index (κ1) is 15.0. The summed E-state index contributed by atoms with van der Waals surface area (Å²) in [6, 6.07) is 23.9. The number of aryl methyl sites for hydroxylation is 1. The van der Waals surface area contributed by atoms with Crippen molar-refractivity contribution in [1.29, 1.82) is 0 Å². The molecular formula is C21H18O2. The lowest BCUT2D eigenvalue weighted by molar-refractivity contribution is 0.111. The van der Waals surface area contributed by atoms with Gasteiger partial charge in [-0.1, -0.05) is 66.2 Å². The van der Waals surface area contributed by atoms with Gasteiger partial charge in [-0.25, -0.2) is 0 Å². The topological polar surface area (TPSA) is 26.3 Å². The van der Waals surface area contributed by atoms with Crippen LogP contribution in [0.1, 0.15) is 21.5 Å². The first-order chi connectivity index (χ1) is 11.3. The predicted octanol–water partition coefficient (Wildman–Crippen LogP) is 5.05. The molecule has 0 saturated heterocycles. The number of hydrogen-bond acceptors (Lipinski definition) is 2. The summed E-state index contributed by atoms with van der Waals surface area (Å²) in [6.07, 6.45) is 0.847. The SMILES string of the molecule is Cc1cccc(-c2ccc(OCc3ccccc3)c(C=O)c2)c1. The molecule has 0 N–H and O–H groups in total. The van der Waals surface area contributed by atoms with Crippen LogP contribution in [0.2, 0.25) is 0 Å². The lowest BCUT2D eigenvalue weighted by Crippen LogP contribution is -1.98. The molecule has 2 heteroatoms. The highest BCUT2D eigenvalue weighted by Gasteiger charge is 2.07. The summed E-state index contributed by atoms with van der Waals surface area (Å²) in [4.78, 5) is 11.4. The van der Waals surface area contributed by atoms with Crippen LogP contribution in [0.15, 0.2) is 72.8 Å². The van der Waals surface area contributed by atoms with E-state index in [0.717, 1.165) is 23.0 Å². The summed E-state index contributed by atoms with van der Waals surface area (Å²) in [5.74, 6) is 0.611. The Balaban J connectivity index is 1.84. The van der Waals surface area contributed by atoms with Gasteiger partial charge in [-0.15, -0.1) is 0 Å². The Labute approximate surface area is 136 Å². The van der Waals surface area contributed by atoms with E-state index >= 15 is 0 Å². The maximum Gasteiger partial charge on any atom is 0.153 e. The zero-order valence-electron chi connectivity index (χ0n) is 13.0. The van der Waals surface area contributed by atoms with Crippen molar-refractivity contribution in [2.24, 2.45) is 0 Å². The number of ether oxygens (including phenoxy) is 1. The summed E-state index contributed by atoms with van der Waals surface area (Å²) < 4.78 is 5.80. The van der Waals surface area contributed by atoms with Crippen molar-refractivity contribution >= 4 is 6.29 Å². The smallest absolute Gasteiger partial charge is 0.153 e. The van der Waals surface area contributed by atoms with Gasteiger partial charge in [-0.2, -0.15) is 0 Å². The second-order valence-electron chi connectivity index (χ2n) is 5.51. The quantitative estimate of drug-likeness (QED) is 0.616. The summed E-state index contributed by atoms with van der Waals surface area (Å²) in [6.45, 7) is 2.51. The Morgan fingerprint density at radius 3 is 2.39 bits per heavy atom. The van der Waals surface area contributed by atoms with E-state index in [9.17, 15) is 4.79 Å². The van der Waals surface area contributed by atoms with Crippen molar-refractivity contribution in [3.63, 3.8) is 0 Å². The molecule has 0 unspecified atom stereocenters. The molecule has 0 atom stereocenters. The van der Waals surface area contributed by atoms with E-state index in [0.29, 0.717) is 17.9 Å². The van der Waals surface area contributed by atoms with Gasteiger partial charge in [0.2, 0.25) is 0 Å². The Kier molecular flexibility index (Phi) is 4.53. The largest absolute Gasteiger partial charge is 0.488 e. The maximum atomic E-state index is 11.4. The number of hydrogen-bond donors (Lipinski definition) is 0. The first-order valence-corrected chi connectivity index (χ1v) is 7.59. The zero-order valence-corrected chi connectivity index (χ0v) is 13.0. The van der Waals surface area contributed by atoms with Gasteiger partial charge in [-0.3, -0.25) is 4.79 Å². The highest BCUT2D eigenvalue weighted by molar-refractivity contribution is 5.83. The monoisotopic (exact) mass is 302 g/mol. The maximum absolute atomic E-state index is 11.4. The molecule has 2 nitrogen and oxygen atoms in total. The van der Waals surface area contributed by atoms with Crippen molar-refractivity contribution in [3.8, 4) is 16.9 Å². The average molecular weight is 302 g/mol. The van der Waals surface area contributed by atoms with Gasteiger partial charge in [0.05, 0.1) is 5.56 Å². The van der Waals surface area contributed by atoms with Gasteiger partial charge in [0.1, 0.15) is 12.4 Å². The molecule has 0 amide bonds. The minimum atomic E-state index is 0.450. The molecular weight excluding hydrogens is 284 g/mol. The minimum Gasteiger partial charge on any atom is -0.488 e. The van der Waals surface area contributed by atoms with E-state index in [4.69, 9.17) is 4.74 Å². The Bertz CT molecular complexity index is 807. The van der Waals surface area contributed by atoms with Crippen molar-refractivity contribution in [2.75, 3.05) is 0 Å². The molecule has 0 fully saturated rings. The van der Waals surface area contributed by atoms with E-state index in [-0.39, 0.29) is 0 Å². The molecule has 0 radical (unpaired) electrons. The van der Waals surface area contributed by atoms with Crippen LogP contribution in [-0.2, 0) is 6.61 Å². The molecule has 0 aliphatic rings. The van der Waals surface area contributed by atoms with Crippen molar-refractivity contribution in [1.82, 2.24) is 0 Å². The average Bonchev–Trinajstić information content (AvgIpc) is 2.60. The normalized spacial score (nSPS) is 10.3. The molecule has 0 aliphatic carbocycles. The number of carbonyl (C=O) groups is 1. The highest BCUT2D eigenvalue weighted by Crippen LogP contribution is 2.27. The third-order valence-corrected chi connectivity index (χ3v) is 3.73. The van der Waals surface area contributed by atoms with E-state index in [2.05, 4.69) is 19.1 Å². The molecule has 0 saturated carbocycles. The molecule has 114 valence electrons. The highest BCUT2D eigenvalue weighted by atomic mass is 16.5. The summed E-state index contributed by atoms with van der Waals surface area (Å²) in [7, 11) is 0. The van der Waals surface area contributed by atoms with Gasteiger partial charge in [0, 0.05) is 0 Å². The van der Waals surface area contributed by atoms with E-state index < -0.39 is 0 Å². The van der Waals surface area contributed by atoms with Gasteiger partial charge in [-0.05, 0) is 35.7 Å². The Morgan fingerprint density at radius 2 is 1.65 bits per heavy atom.